The van der Waals surface area contributed by atoms with Crippen molar-refractivity contribution in [3.63, 3.8) is 0 Å². The van der Waals surface area contributed by atoms with Crippen LogP contribution in [-0.2, 0) is 9.84 Å². The number of carbonyl (C=O) groups excluding carboxylic acids is 1. The number of carbonyl (C=O) groups is 1. The third kappa shape index (κ3) is 4.05. The smallest absolute Gasteiger partial charge is 0.164 e. The van der Waals surface area contributed by atoms with Gasteiger partial charge in [-0.1, -0.05) is 12.1 Å². The van der Waals surface area contributed by atoms with Crippen LogP contribution in [0.3, 0.4) is 0 Å². The van der Waals surface area contributed by atoms with Crippen LogP contribution in [-0.4, -0.2) is 44.9 Å². The van der Waals surface area contributed by atoms with Gasteiger partial charge in [0.25, 0.3) is 0 Å². The lowest BCUT2D eigenvalue weighted by molar-refractivity contribution is 0.0971. The zero-order valence-electron chi connectivity index (χ0n) is 11.5. The SMILES string of the molecule is CCOc1cccc(C(=O)CC2CS(=O)(=O)CCN2)c1. The first kappa shape index (κ1) is 15.0. The molecule has 110 valence electrons. The number of nitrogens with one attached hydrogen (secondary N) is 1. The summed E-state index contributed by atoms with van der Waals surface area (Å²) in [5.41, 5.74) is 0.556. The average molecular weight is 297 g/mol. The standard InChI is InChI=1S/C14H19NO4S/c1-2-19-13-5-3-4-11(8-13)14(16)9-12-10-20(17,18)7-6-15-12/h3-5,8,12,15H,2,6-7,9-10H2,1H3. The molecule has 1 aliphatic rings. The molecule has 1 heterocycles. The van der Waals surface area contributed by atoms with E-state index in [-0.39, 0.29) is 29.8 Å². The first-order valence-corrected chi connectivity index (χ1v) is 8.52. The van der Waals surface area contributed by atoms with Gasteiger partial charge in [-0.15, -0.1) is 0 Å². The molecule has 1 aromatic carbocycles. The molecule has 5 nitrogen and oxygen atoms in total. The second kappa shape index (κ2) is 6.37. The van der Waals surface area contributed by atoms with Gasteiger partial charge >= 0.3 is 0 Å². The van der Waals surface area contributed by atoms with Crippen molar-refractivity contribution in [3.05, 3.63) is 29.8 Å². The van der Waals surface area contributed by atoms with Crippen molar-refractivity contribution in [2.45, 2.75) is 19.4 Å². The molecule has 0 amide bonds. The van der Waals surface area contributed by atoms with E-state index in [1.807, 2.05) is 6.92 Å². The van der Waals surface area contributed by atoms with E-state index in [4.69, 9.17) is 4.74 Å². The second-order valence-corrected chi connectivity index (χ2v) is 7.08. The number of sulfone groups is 1. The highest BCUT2D eigenvalue weighted by molar-refractivity contribution is 7.91. The quantitative estimate of drug-likeness (QED) is 0.822. The Morgan fingerprint density at radius 3 is 2.95 bits per heavy atom. The number of benzene rings is 1. The molecule has 2 rings (SSSR count). The summed E-state index contributed by atoms with van der Waals surface area (Å²) < 4.78 is 28.4. The molecule has 0 aromatic heterocycles. The Bertz CT molecular complexity index is 583. The van der Waals surface area contributed by atoms with E-state index in [1.165, 1.54) is 0 Å². The minimum Gasteiger partial charge on any atom is -0.494 e. The zero-order chi connectivity index (χ0) is 14.6. The van der Waals surface area contributed by atoms with Gasteiger partial charge in [0.05, 0.1) is 18.1 Å². The van der Waals surface area contributed by atoms with E-state index in [2.05, 4.69) is 5.32 Å². The second-order valence-electron chi connectivity index (χ2n) is 4.85. The van der Waals surface area contributed by atoms with Crippen molar-refractivity contribution >= 4 is 15.6 Å². The monoisotopic (exact) mass is 297 g/mol. The molecule has 1 fully saturated rings. The third-order valence-corrected chi connectivity index (χ3v) is 4.94. The molecule has 1 aliphatic heterocycles. The van der Waals surface area contributed by atoms with Gasteiger partial charge in [0, 0.05) is 24.6 Å². The summed E-state index contributed by atoms with van der Waals surface area (Å²) in [5, 5.41) is 3.08. The van der Waals surface area contributed by atoms with Crippen LogP contribution in [0, 0.1) is 0 Å². The van der Waals surface area contributed by atoms with Crippen molar-refractivity contribution in [2.24, 2.45) is 0 Å². The molecule has 6 heteroatoms. The molecule has 0 bridgehead atoms. The van der Waals surface area contributed by atoms with Crippen molar-refractivity contribution in [1.82, 2.24) is 5.32 Å². The Morgan fingerprint density at radius 1 is 1.45 bits per heavy atom. The van der Waals surface area contributed by atoms with Crippen LogP contribution in [0.25, 0.3) is 0 Å². The fourth-order valence-corrected chi connectivity index (χ4v) is 3.71. The number of Topliss-reactive ketones (excluding diaryl/α,β-unsaturated/α-hetero) is 1. The van der Waals surface area contributed by atoms with Crippen LogP contribution in [0.4, 0.5) is 0 Å². The normalized spacial score (nSPS) is 21.4. The molecule has 0 spiro atoms. The van der Waals surface area contributed by atoms with Crippen molar-refractivity contribution < 1.29 is 17.9 Å². The highest BCUT2D eigenvalue weighted by atomic mass is 32.2. The topological polar surface area (TPSA) is 72.5 Å². The molecular formula is C14H19NO4S. The average Bonchev–Trinajstić information content (AvgIpc) is 2.38. The summed E-state index contributed by atoms with van der Waals surface area (Å²) in [6.07, 6.45) is 0.189. The van der Waals surface area contributed by atoms with Gasteiger partial charge in [-0.3, -0.25) is 4.79 Å². The van der Waals surface area contributed by atoms with Gasteiger partial charge in [0.2, 0.25) is 0 Å². The number of hydrogen-bond donors (Lipinski definition) is 1. The number of hydrogen-bond acceptors (Lipinski definition) is 5. The highest BCUT2D eigenvalue weighted by Gasteiger charge is 2.26. The molecule has 1 aromatic rings. The fraction of sp³-hybridized carbons (Fsp3) is 0.500. The molecule has 1 atom stereocenters. The maximum Gasteiger partial charge on any atom is 0.164 e. The van der Waals surface area contributed by atoms with Gasteiger partial charge in [-0.05, 0) is 19.1 Å². The summed E-state index contributed by atoms with van der Waals surface area (Å²) in [6.45, 7) is 2.84. The largest absolute Gasteiger partial charge is 0.494 e. The molecular weight excluding hydrogens is 278 g/mol. The Hall–Kier alpha value is -1.40. The van der Waals surface area contributed by atoms with Crippen LogP contribution >= 0.6 is 0 Å². The first-order valence-electron chi connectivity index (χ1n) is 6.70. The van der Waals surface area contributed by atoms with Crippen LogP contribution in [0.2, 0.25) is 0 Å². The van der Waals surface area contributed by atoms with E-state index in [0.717, 1.165) is 0 Å². The van der Waals surface area contributed by atoms with Crippen molar-refractivity contribution in [2.75, 3.05) is 24.7 Å². The Kier molecular flexibility index (Phi) is 4.77. The van der Waals surface area contributed by atoms with E-state index in [9.17, 15) is 13.2 Å². The summed E-state index contributed by atoms with van der Waals surface area (Å²) in [6, 6.07) is 6.69. The van der Waals surface area contributed by atoms with Gasteiger partial charge < -0.3 is 10.1 Å². The van der Waals surface area contributed by atoms with E-state index in [1.54, 1.807) is 24.3 Å². The van der Waals surface area contributed by atoms with Gasteiger partial charge in [-0.25, -0.2) is 8.42 Å². The van der Waals surface area contributed by atoms with Crippen LogP contribution in [0.5, 0.6) is 5.75 Å². The summed E-state index contributed by atoms with van der Waals surface area (Å²) in [5.74, 6) is 0.769. The van der Waals surface area contributed by atoms with Crippen LogP contribution in [0.1, 0.15) is 23.7 Å². The molecule has 20 heavy (non-hydrogen) atoms. The van der Waals surface area contributed by atoms with Gasteiger partial charge in [0.15, 0.2) is 15.6 Å². The fourth-order valence-electron chi connectivity index (χ4n) is 2.27. The summed E-state index contributed by atoms with van der Waals surface area (Å²) >= 11 is 0. The minimum atomic E-state index is -3.02. The Morgan fingerprint density at radius 2 is 2.25 bits per heavy atom. The minimum absolute atomic E-state index is 0.0316. The molecule has 1 unspecified atom stereocenters. The van der Waals surface area contributed by atoms with Crippen LogP contribution < -0.4 is 10.1 Å². The lowest BCUT2D eigenvalue weighted by atomic mass is 10.0. The lowest BCUT2D eigenvalue weighted by Gasteiger charge is -2.23. The van der Waals surface area contributed by atoms with Gasteiger partial charge in [0.1, 0.15) is 5.75 Å². The molecule has 0 radical (unpaired) electrons. The van der Waals surface area contributed by atoms with E-state index in [0.29, 0.717) is 24.5 Å². The highest BCUT2D eigenvalue weighted by Crippen LogP contribution is 2.16. The van der Waals surface area contributed by atoms with E-state index >= 15 is 0 Å². The Balaban J connectivity index is 2.02. The third-order valence-electron chi connectivity index (χ3n) is 3.20. The predicted molar refractivity (Wildman–Crippen MR) is 77.0 cm³/mol. The predicted octanol–water partition coefficient (Wildman–Crippen LogP) is 1.04. The maximum atomic E-state index is 12.2. The Labute approximate surface area is 119 Å². The van der Waals surface area contributed by atoms with Crippen molar-refractivity contribution in [3.8, 4) is 5.75 Å². The molecule has 0 saturated carbocycles. The number of rotatable bonds is 5. The molecule has 1 N–H and O–H groups in total. The van der Waals surface area contributed by atoms with Crippen molar-refractivity contribution in [1.29, 1.82) is 0 Å². The molecule has 1 saturated heterocycles. The summed E-state index contributed by atoms with van der Waals surface area (Å²) in [7, 11) is -3.02. The number of ketones is 1. The van der Waals surface area contributed by atoms with Gasteiger partial charge in [-0.2, -0.15) is 0 Å². The first-order chi connectivity index (χ1) is 9.50. The van der Waals surface area contributed by atoms with E-state index < -0.39 is 9.84 Å². The zero-order valence-corrected chi connectivity index (χ0v) is 12.3. The van der Waals surface area contributed by atoms with Crippen LogP contribution in [0.15, 0.2) is 24.3 Å². The maximum absolute atomic E-state index is 12.2. The summed E-state index contributed by atoms with van der Waals surface area (Å²) in [4.78, 5) is 12.2. The lowest BCUT2D eigenvalue weighted by Crippen LogP contribution is -2.45. The number of ether oxygens (including phenoxy) is 1. The molecule has 0 aliphatic carbocycles.